The van der Waals surface area contributed by atoms with Crippen molar-refractivity contribution >= 4 is 44.6 Å². The maximum absolute atomic E-state index is 12.9. The molecule has 1 aliphatic rings. The van der Waals surface area contributed by atoms with Crippen LogP contribution in [0, 0.1) is 0 Å². The van der Waals surface area contributed by atoms with Gasteiger partial charge in [0.15, 0.2) is 15.7 Å². The largest absolute Gasteiger partial charge is 0.416 e. The Morgan fingerprint density at radius 1 is 1.02 bits per heavy atom. The van der Waals surface area contributed by atoms with E-state index in [4.69, 9.17) is 27.7 Å². The Balaban J connectivity index is 1.32. The molecule has 1 aliphatic carbocycles. The first kappa shape index (κ1) is 28.1. The molecule has 0 unspecified atom stereocenters. The summed E-state index contributed by atoms with van der Waals surface area (Å²) in [6, 6.07) is 13.5. The maximum Gasteiger partial charge on any atom is 0.416 e. The molecule has 7 nitrogen and oxygen atoms in total. The summed E-state index contributed by atoms with van der Waals surface area (Å²) in [7, 11) is -3.34. The molecule has 13 heteroatoms. The van der Waals surface area contributed by atoms with Gasteiger partial charge in [-0.3, -0.25) is 4.79 Å². The van der Waals surface area contributed by atoms with Gasteiger partial charge in [-0.25, -0.2) is 8.42 Å². The summed E-state index contributed by atoms with van der Waals surface area (Å²) in [6.07, 6.45) is -2.11. The Labute approximate surface area is 237 Å². The molecule has 0 bridgehead atoms. The lowest BCUT2D eigenvalue weighted by Crippen LogP contribution is -2.16. The highest BCUT2D eigenvalue weighted by Crippen LogP contribution is 2.57. The summed E-state index contributed by atoms with van der Waals surface area (Å²) < 4.78 is 67.2. The zero-order valence-corrected chi connectivity index (χ0v) is 23.0. The molecule has 0 spiro atoms. The molecule has 1 amide bonds. The Morgan fingerprint density at radius 3 is 2.15 bits per heavy atom. The lowest BCUT2D eigenvalue weighted by atomic mass is 9.94. The molecule has 0 aliphatic heterocycles. The van der Waals surface area contributed by atoms with Gasteiger partial charge in [-0.2, -0.15) is 18.2 Å². The van der Waals surface area contributed by atoms with Crippen LogP contribution in [0.4, 0.5) is 18.9 Å². The second kappa shape index (κ2) is 10.2. The van der Waals surface area contributed by atoms with Crippen molar-refractivity contribution < 1.29 is 30.9 Å². The number of aromatic nitrogens is 2. The topological polar surface area (TPSA) is 102 Å². The number of nitrogens with zero attached hydrogens (tertiary/aromatic N) is 2. The molecule has 1 N–H and O–H groups in total. The van der Waals surface area contributed by atoms with Crippen LogP contribution in [0.25, 0.3) is 11.5 Å². The summed E-state index contributed by atoms with van der Waals surface area (Å²) in [5.74, 6) is 0.0173. The van der Waals surface area contributed by atoms with Crippen LogP contribution in [0.15, 0.2) is 70.1 Å². The van der Waals surface area contributed by atoms with E-state index in [1.807, 2.05) is 0 Å². The number of halogens is 5. The molecule has 1 aromatic heterocycles. The van der Waals surface area contributed by atoms with Crippen LogP contribution in [-0.4, -0.2) is 30.7 Å². The highest BCUT2D eigenvalue weighted by Gasteiger charge is 2.52. The van der Waals surface area contributed by atoms with Gasteiger partial charge >= 0.3 is 6.18 Å². The molecule has 3 aromatic carbocycles. The minimum Gasteiger partial charge on any atom is -0.334 e. The minimum absolute atomic E-state index is 0.000551. The third kappa shape index (κ3) is 5.72. The number of nitrogens with one attached hydrogen (secondary N) is 1. The zero-order chi connectivity index (χ0) is 28.9. The van der Waals surface area contributed by atoms with Gasteiger partial charge in [-0.1, -0.05) is 40.5 Å². The first-order chi connectivity index (χ1) is 18.8. The number of benzene rings is 3. The highest BCUT2D eigenvalue weighted by molar-refractivity contribution is 7.90. The zero-order valence-electron chi connectivity index (χ0n) is 20.7. The van der Waals surface area contributed by atoms with E-state index in [1.165, 1.54) is 24.3 Å². The van der Waals surface area contributed by atoms with Crippen LogP contribution in [0.5, 0.6) is 0 Å². The highest BCUT2D eigenvalue weighted by atomic mass is 35.5. The van der Waals surface area contributed by atoms with E-state index in [0.29, 0.717) is 41.0 Å². The number of amides is 1. The molecule has 4 aromatic rings. The van der Waals surface area contributed by atoms with Crippen molar-refractivity contribution in [2.75, 3.05) is 11.6 Å². The van der Waals surface area contributed by atoms with Gasteiger partial charge in [0.25, 0.3) is 5.89 Å². The van der Waals surface area contributed by atoms with Crippen LogP contribution in [0.2, 0.25) is 10.0 Å². The smallest absolute Gasteiger partial charge is 0.334 e. The van der Waals surface area contributed by atoms with Gasteiger partial charge in [-0.05, 0) is 66.9 Å². The van der Waals surface area contributed by atoms with E-state index < -0.39 is 27.0 Å². The third-order valence-corrected chi connectivity index (χ3v) is 8.31. The molecule has 1 fully saturated rings. The summed E-state index contributed by atoms with van der Waals surface area (Å²) in [6.45, 7) is 0. The lowest BCUT2D eigenvalue weighted by molar-refractivity contribution is -0.137. The van der Waals surface area contributed by atoms with Gasteiger partial charge in [-0.15, -0.1) is 0 Å². The standard InChI is InChI=1S/C27H20Cl2F3N3O4S/c1-40(37,38)19-8-2-15(3-9-19)12-22(36)33-18-13-20(28)23(21(29)14-18)26(10-11-26)25-34-24(39-35-25)16-4-6-17(7-5-16)27(30,31)32/h2-9,13-14H,10-12H2,1H3,(H,33,36). The summed E-state index contributed by atoms with van der Waals surface area (Å²) in [5, 5.41) is 7.36. The van der Waals surface area contributed by atoms with Crippen LogP contribution in [0.1, 0.15) is 35.4 Å². The summed E-state index contributed by atoms with van der Waals surface area (Å²) in [5.41, 5.74) is 0.368. The van der Waals surface area contributed by atoms with Crippen LogP contribution in [-0.2, 0) is 32.6 Å². The number of rotatable bonds is 7. The Bertz CT molecular complexity index is 1680. The van der Waals surface area contributed by atoms with Gasteiger partial charge in [0, 0.05) is 33.1 Å². The van der Waals surface area contributed by atoms with E-state index in [-0.39, 0.29) is 33.2 Å². The quantitative estimate of drug-likeness (QED) is 0.249. The van der Waals surface area contributed by atoms with Crippen molar-refractivity contribution in [1.82, 2.24) is 10.1 Å². The van der Waals surface area contributed by atoms with Crippen molar-refractivity contribution in [2.45, 2.75) is 35.7 Å². The number of alkyl halides is 3. The summed E-state index contributed by atoms with van der Waals surface area (Å²) in [4.78, 5) is 17.2. The van der Waals surface area contributed by atoms with Gasteiger partial charge in [0.2, 0.25) is 5.91 Å². The average molecular weight is 610 g/mol. The predicted octanol–water partition coefficient (Wildman–Crippen LogP) is 6.73. The molecule has 208 valence electrons. The number of hydrogen-bond donors (Lipinski definition) is 1. The second-order valence-electron chi connectivity index (χ2n) is 9.54. The molecule has 0 atom stereocenters. The van der Waals surface area contributed by atoms with E-state index in [9.17, 15) is 26.4 Å². The summed E-state index contributed by atoms with van der Waals surface area (Å²) >= 11 is 13.2. The molecule has 0 radical (unpaired) electrons. The maximum atomic E-state index is 12.9. The predicted molar refractivity (Wildman–Crippen MR) is 143 cm³/mol. The number of hydrogen-bond acceptors (Lipinski definition) is 6. The fraction of sp³-hybridized carbons (Fsp3) is 0.222. The first-order valence-electron chi connectivity index (χ1n) is 11.9. The number of carbonyl (C=O) groups excluding carboxylic acids is 1. The molecular formula is C27H20Cl2F3N3O4S. The number of carbonyl (C=O) groups is 1. The van der Waals surface area contributed by atoms with E-state index in [2.05, 4.69) is 15.5 Å². The van der Waals surface area contributed by atoms with Crippen LogP contribution in [0.3, 0.4) is 0 Å². The molecular weight excluding hydrogens is 590 g/mol. The Hall–Kier alpha value is -3.41. The average Bonchev–Trinajstić information content (AvgIpc) is 3.49. The molecule has 1 heterocycles. The van der Waals surface area contributed by atoms with E-state index in [1.54, 1.807) is 24.3 Å². The normalized spacial score (nSPS) is 14.7. The van der Waals surface area contributed by atoms with Crippen molar-refractivity contribution in [3.8, 4) is 11.5 Å². The Morgan fingerprint density at radius 2 is 1.62 bits per heavy atom. The molecule has 40 heavy (non-hydrogen) atoms. The first-order valence-corrected chi connectivity index (χ1v) is 14.5. The lowest BCUT2D eigenvalue weighted by Gasteiger charge is -2.17. The Kier molecular flexibility index (Phi) is 7.18. The fourth-order valence-corrected chi connectivity index (χ4v) is 5.87. The monoisotopic (exact) mass is 609 g/mol. The minimum atomic E-state index is -4.46. The van der Waals surface area contributed by atoms with Crippen molar-refractivity contribution in [2.24, 2.45) is 0 Å². The fourth-order valence-electron chi connectivity index (χ4n) is 4.39. The third-order valence-electron chi connectivity index (χ3n) is 6.58. The SMILES string of the molecule is CS(=O)(=O)c1ccc(CC(=O)Nc2cc(Cl)c(C3(c4noc(-c5ccc(C(F)(F)F)cc5)n4)CC3)c(Cl)c2)cc1. The van der Waals surface area contributed by atoms with Crippen molar-refractivity contribution in [3.63, 3.8) is 0 Å². The molecule has 5 rings (SSSR count). The van der Waals surface area contributed by atoms with Gasteiger partial charge in [0.1, 0.15) is 0 Å². The van der Waals surface area contributed by atoms with Crippen molar-refractivity contribution in [1.29, 1.82) is 0 Å². The van der Waals surface area contributed by atoms with Crippen LogP contribution >= 0.6 is 23.2 Å². The van der Waals surface area contributed by atoms with Gasteiger partial charge < -0.3 is 9.84 Å². The number of sulfone groups is 1. The van der Waals surface area contributed by atoms with Gasteiger partial charge in [0.05, 0.1) is 22.3 Å². The van der Waals surface area contributed by atoms with E-state index in [0.717, 1.165) is 18.4 Å². The number of anilines is 1. The van der Waals surface area contributed by atoms with E-state index >= 15 is 0 Å². The molecule has 1 saturated carbocycles. The van der Waals surface area contributed by atoms with Crippen molar-refractivity contribution in [3.05, 3.63) is 93.2 Å². The second-order valence-corrected chi connectivity index (χ2v) is 12.4. The molecule has 0 saturated heterocycles. The van der Waals surface area contributed by atoms with Crippen LogP contribution < -0.4 is 5.32 Å².